The molecule has 0 unspecified atom stereocenters. The summed E-state index contributed by atoms with van der Waals surface area (Å²) in [5.74, 6) is 0.608. The summed E-state index contributed by atoms with van der Waals surface area (Å²) in [6, 6.07) is 9.88. The Morgan fingerprint density at radius 2 is 1.85 bits per heavy atom. The first kappa shape index (κ1) is 14.5. The monoisotopic (exact) mass is 290 g/mol. The summed E-state index contributed by atoms with van der Waals surface area (Å²) in [4.78, 5) is 6.47. The van der Waals surface area contributed by atoms with Crippen LogP contribution in [0.25, 0.3) is 0 Å². The average Bonchev–Trinajstić information content (AvgIpc) is 2.45. The van der Waals surface area contributed by atoms with E-state index < -0.39 is 0 Å². The maximum absolute atomic E-state index is 6.09. The molecule has 0 bridgehead atoms. The lowest BCUT2D eigenvalue weighted by molar-refractivity contribution is 0.866. The van der Waals surface area contributed by atoms with Gasteiger partial charge in [0.25, 0.3) is 0 Å². The molecule has 5 heteroatoms. The molecule has 20 heavy (non-hydrogen) atoms. The number of anilines is 4. The number of nitrogen functional groups attached to an aromatic ring is 1. The Morgan fingerprint density at radius 1 is 1.20 bits per heavy atom. The van der Waals surface area contributed by atoms with Gasteiger partial charge in [-0.05, 0) is 44.2 Å². The number of nitrogens with one attached hydrogen (secondary N) is 1. The van der Waals surface area contributed by atoms with Gasteiger partial charge in [0.1, 0.15) is 5.82 Å². The molecule has 4 nitrogen and oxygen atoms in total. The topological polar surface area (TPSA) is 54.2 Å². The standard InChI is InChI=1S/C15H19ClN4/c1-3-20(4-2)13-7-5-12(6-8-13)19-15-14(16)9-11(17)10-18-15/h5-10H,3-4,17H2,1-2H3,(H,18,19). The van der Waals surface area contributed by atoms with Crippen molar-refractivity contribution in [3.8, 4) is 0 Å². The zero-order valence-corrected chi connectivity index (χ0v) is 12.5. The highest BCUT2D eigenvalue weighted by Crippen LogP contribution is 2.26. The van der Waals surface area contributed by atoms with Crippen molar-refractivity contribution in [3.05, 3.63) is 41.6 Å². The van der Waals surface area contributed by atoms with Crippen molar-refractivity contribution in [2.24, 2.45) is 0 Å². The van der Waals surface area contributed by atoms with Crippen LogP contribution in [-0.2, 0) is 0 Å². The van der Waals surface area contributed by atoms with Gasteiger partial charge in [0.15, 0.2) is 0 Å². The molecule has 2 aromatic rings. The van der Waals surface area contributed by atoms with Crippen LogP contribution in [0.4, 0.5) is 22.9 Å². The van der Waals surface area contributed by atoms with E-state index in [1.807, 2.05) is 12.1 Å². The molecule has 0 aliphatic carbocycles. The summed E-state index contributed by atoms with van der Waals surface area (Å²) in [7, 11) is 0. The van der Waals surface area contributed by atoms with Crippen LogP contribution in [0.1, 0.15) is 13.8 Å². The van der Waals surface area contributed by atoms with Gasteiger partial charge in [0.05, 0.1) is 16.9 Å². The number of nitrogens with zero attached hydrogens (tertiary/aromatic N) is 2. The van der Waals surface area contributed by atoms with Crippen molar-refractivity contribution in [2.75, 3.05) is 29.0 Å². The predicted molar refractivity (Wildman–Crippen MR) is 86.9 cm³/mol. The summed E-state index contributed by atoms with van der Waals surface area (Å²) in [5, 5.41) is 3.70. The highest BCUT2D eigenvalue weighted by atomic mass is 35.5. The molecular formula is C15H19ClN4. The van der Waals surface area contributed by atoms with E-state index in [2.05, 4.69) is 41.2 Å². The molecule has 1 heterocycles. The first-order chi connectivity index (χ1) is 9.63. The number of pyridine rings is 1. The van der Waals surface area contributed by atoms with Gasteiger partial charge in [-0.15, -0.1) is 0 Å². The summed E-state index contributed by atoms with van der Waals surface area (Å²) in [5.41, 5.74) is 8.33. The van der Waals surface area contributed by atoms with E-state index in [4.69, 9.17) is 17.3 Å². The molecule has 1 aromatic heterocycles. The number of nitrogens with two attached hydrogens (primary N) is 1. The molecule has 0 spiro atoms. The number of benzene rings is 1. The van der Waals surface area contributed by atoms with Gasteiger partial charge < -0.3 is 16.0 Å². The van der Waals surface area contributed by atoms with Crippen LogP contribution >= 0.6 is 11.6 Å². The van der Waals surface area contributed by atoms with Gasteiger partial charge >= 0.3 is 0 Å². The van der Waals surface area contributed by atoms with Gasteiger partial charge in [-0.3, -0.25) is 0 Å². The van der Waals surface area contributed by atoms with Crippen LogP contribution in [0, 0.1) is 0 Å². The van der Waals surface area contributed by atoms with Crippen molar-refractivity contribution >= 4 is 34.5 Å². The molecule has 0 radical (unpaired) electrons. The Balaban J connectivity index is 2.14. The third kappa shape index (κ3) is 3.33. The number of halogens is 1. The second-order valence-electron chi connectivity index (χ2n) is 4.44. The lowest BCUT2D eigenvalue weighted by atomic mass is 10.2. The Labute approximate surface area is 124 Å². The third-order valence-corrected chi connectivity index (χ3v) is 3.41. The Bertz CT molecular complexity index is 565. The first-order valence-corrected chi connectivity index (χ1v) is 7.05. The van der Waals surface area contributed by atoms with Crippen molar-refractivity contribution in [3.63, 3.8) is 0 Å². The van der Waals surface area contributed by atoms with Crippen LogP contribution < -0.4 is 16.0 Å². The van der Waals surface area contributed by atoms with Gasteiger partial charge in [-0.25, -0.2) is 4.98 Å². The van der Waals surface area contributed by atoms with E-state index >= 15 is 0 Å². The SMILES string of the molecule is CCN(CC)c1ccc(Nc2ncc(N)cc2Cl)cc1. The zero-order chi connectivity index (χ0) is 14.5. The van der Waals surface area contributed by atoms with E-state index in [0.717, 1.165) is 18.8 Å². The second kappa shape index (κ2) is 6.48. The molecule has 0 atom stereocenters. The molecule has 3 N–H and O–H groups in total. The third-order valence-electron chi connectivity index (χ3n) is 3.12. The van der Waals surface area contributed by atoms with E-state index in [0.29, 0.717) is 16.5 Å². The maximum atomic E-state index is 6.09. The normalized spacial score (nSPS) is 10.3. The molecule has 0 aliphatic rings. The number of rotatable bonds is 5. The zero-order valence-electron chi connectivity index (χ0n) is 11.7. The van der Waals surface area contributed by atoms with Gasteiger partial charge in [-0.1, -0.05) is 11.6 Å². The number of hydrogen-bond donors (Lipinski definition) is 2. The number of aromatic nitrogens is 1. The predicted octanol–water partition coefficient (Wildman–Crippen LogP) is 3.91. The summed E-state index contributed by atoms with van der Waals surface area (Å²) < 4.78 is 0. The lowest BCUT2D eigenvalue weighted by Gasteiger charge is -2.21. The van der Waals surface area contributed by atoms with E-state index in [-0.39, 0.29) is 0 Å². The molecule has 2 rings (SSSR count). The van der Waals surface area contributed by atoms with E-state index in [9.17, 15) is 0 Å². The minimum Gasteiger partial charge on any atom is -0.397 e. The summed E-state index contributed by atoms with van der Waals surface area (Å²) in [6.07, 6.45) is 1.58. The smallest absolute Gasteiger partial charge is 0.149 e. The average molecular weight is 291 g/mol. The molecule has 1 aromatic carbocycles. The van der Waals surface area contributed by atoms with Gasteiger partial charge in [0.2, 0.25) is 0 Å². The Hall–Kier alpha value is -1.94. The van der Waals surface area contributed by atoms with Crippen LogP contribution in [0.15, 0.2) is 36.5 Å². The quantitative estimate of drug-likeness (QED) is 0.877. The van der Waals surface area contributed by atoms with Crippen LogP contribution in [0.3, 0.4) is 0 Å². The highest BCUT2D eigenvalue weighted by Gasteiger charge is 2.04. The molecular weight excluding hydrogens is 272 g/mol. The Kier molecular flexibility index (Phi) is 4.69. The van der Waals surface area contributed by atoms with E-state index in [1.54, 1.807) is 12.3 Å². The highest BCUT2D eigenvalue weighted by molar-refractivity contribution is 6.33. The first-order valence-electron chi connectivity index (χ1n) is 6.67. The van der Waals surface area contributed by atoms with Crippen molar-refractivity contribution in [1.29, 1.82) is 0 Å². The van der Waals surface area contributed by atoms with Gasteiger partial charge in [0, 0.05) is 24.5 Å². The minimum atomic E-state index is 0.512. The molecule has 0 aliphatic heterocycles. The number of hydrogen-bond acceptors (Lipinski definition) is 4. The molecule has 0 saturated carbocycles. The second-order valence-corrected chi connectivity index (χ2v) is 4.85. The molecule has 0 amide bonds. The van der Waals surface area contributed by atoms with Gasteiger partial charge in [-0.2, -0.15) is 0 Å². The molecule has 0 fully saturated rings. The largest absolute Gasteiger partial charge is 0.397 e. The van der Waals surface area contributed by atoms with Crippen LogP contribution in [-0.4, -0.2) is 18.1 Å². The Morgan fingerprint density at radius 3 is 2.40 bits per heavy atom. The maximum Gasteiger partial charge on any atom is 0.149 e. The van der Waals surface area contributed by atoms with Crippen molar-refractivity contribution < 1.29 is 0 Å². The summed E-state index contributed by atoms with van der Waals surface area (Å²) >= 11 is 6.09. The van der Waals surface area contributed by atoms with Crippen molar-refractivity contribution in [1.82, 2.24) is 4.98 Å². The fraction of sp³-hybridized carbons (Fsp3) is 0.267. The van der Waals surface area contributed by atoms with Crippen molar-refractivity contribution in [2.45, 2.75) is 13.8 Å². The van der Waals surface area contributed by atoms with Crippen LogP contribution in [0.5, 0.6) is 0 Å². The fourth-order valence-electron chi connectivity index (χ4n) is 2.03. The molecule has 0 saturated heterocycles. The van der Waals surface area contributed by atoms with E-state index in [1.165, 1.54) is 5.69 Å². The van der Waals surface area contributed by atoms with Crippen LogP contribution in [0.2, 0.25) is 5.02 Å². The lowest BCUT2D eigenvalue weighted by Crippen LogP contribution is -2.21. The summed E-state index contributed by atoms with van der Waals surface area (Å²) in [6.45, 7) is 6.28. The molecule has 106 valence electrons. The minimum absolute atomic E-state index is 0.512. The fourth-order valence-corrected chi connectivity index (χ4v) is 2.25.